The average Bonchev–Trinajstić information content (AvgIpc) is 1.76. The molecule has 1 fully saturated rings. The maximum Gasteiger partial charge on any atom is 0.244 e. The zero-order valence-electron chi connectivity index (χ0n) is 7.81. The van der Waals surface area contributed by atoms with Crippen molar-refractivity contribution in [3.63, 3.8) is 0 Å². The first-order chi connectivity index (χ1) is 6.06. The van der Waals surface area contributed by atoms with Crippen molar-refractivity contribution in [2.75, 3.05) is 0 Å². The summed E-state index contributed by atoms with van der Waals surface area (Å²) in [5.41, 5.74) is -0.812. The molecule has 1 aliphatic heterocycles. The monoisotopic (exact) mass is 260 g/mol. The fourth-order valence-electron chi connectivity index (χ4n) is 1.49. The Balaban J connectivity index is 2.96. The van der Waals surface area contributed by atoms with E-state index in [-0.39, 0.29) is 18.6 Å². The van der Waals surface area contributed by atoms with Crippen LogP contribution in [0.5, 0.6) is 0 Å². The second kappa shape index (κ2) is 3.49. The van der Waals surface area contributed by atoms with Crippen LogP contribution < -0.4 is 0 Å². The highest BCUT2D eigenvalue weighted by atomic mass is 35.6. The minimum absolute atomic E-state index is 0.185. The summed E-state index contributed by atoms with van der Waals surface area (Å²) in [5, 5.41) is 9.87. The number of hydrogen-bond donors (Lipinski definition) is 1. The van der Waals surface area contributed by atoms with E-state index in [2.05, 4.69) is 0 Å². The molecule has 3 nitrogen and oxygen atoms in total. The summed E-state index contributed by atoms with van der Waals surface area (Å²) in [5.74, 6) is -2.22. The topological polar surface area (TPSA) is 46.5 Å². The number of ketones is 1. The molecule has 0 amide bonds. The second-order valence-corrected chi connectivity index (χ2v) is 6.32. The highest BCUT2D eigenvalue weighted by molar-refractivity contribution is 6.68. The van der Waals surface area contributed by atoms with Gasteiger partial charge >= 0.3 is 0 Å². The highest BCUT2D eigenvalue weighted by Gasteiger charge is 2.55. The first-order valence-corrected chi connectivity index (χ1v) is 5.20. The van der Waals surface area contributed by atoms with Crippen molar-refractivity contribution in [2.24, 2.45) is 0 Å². The van der Waals surface area contributed by atoms with Gasteiger partial charge in [-0.15, -0.1) is 0 Å². The van der Waals surface area contributed by atoms with Crippen molar-refractivity contribution in [3.05, 3.63) is 0 Å². The molecule has 1 heterocycles. The van der Waals surface area contributed by atoms with E-state index >= 15 is 0 Å². The summed E-state index contributed by atoms with van der Waals surface area (Å²) in [6, 6.07) is 0. The maximum absolute atomic E-state index is 11.3. The molecule has 0 aliphatic carbocycles. The molecule has 1 aliphatic rings. The van der Waals surface area contributed by atoms with Crippen LogP contribution in [0.4, 0.5) is 0 Å². The summed E-state index contributed by atoms with van der Waals surface area (Å²) in [6.07, 6.45) is -0.0943. The number of ether oxygens (including phenoxy) is 1. The Morgan fingerprint density at radius 1 is 1.36 bits per heavy atom. The van der Waals surface area contributed by atoms with Crippen LogP contribution in [0, 0.1) is 0 Å². The Labute approximate surface area is 97.3 Å². The van der Waals surface area contributed by atoms with Crippen LogP contribution in [0.3, 0.4) is 0 Å². The van der Waals surface area contributed by atoms with Gasteiger partial charge in [0.25, 0.3) is 0 Å². The molecule has 1 unspecified atom stereocenters. The van der Waals surface area contributed by atoms with E-state index in [9.17, 15) is 9.90 Å². The molecule has 0 spiro atoms. The van der Waals surface area contributed by atoms with Crippen LogP contribution in [0.1, 0.15) is 26.7 Å². The van der Waals surface area contributed by atoms with Crippen molar-refractivity contribution in [1.29, 1.82) is 0 Å². The van der Waals surface area contributed by atoms with Crippen molar-refractivity contribution < 1.29 is 14.6 Å². The van der Waals surface area contributed by atoms with E-state index in [0.717, 1.165) is 0 Å². The Morgan fingerprint density at radius 2 is 1.86 bits per heavy atom. The Bertz CT molecular complexity index is 259. The number of alkyl halides is 3. The molecule has 0 saturated carbocycles. The second-order valence-electron chi connectivity index (χ2n) is 4.04. The predicted molar refractivity (Wildman–Crippen MR) is 54.6 cm³/mol. The number of hydrogen-bond acceptors (Lipinski definition) is 3. The summed E-state index contributed by atoms with van der Waals surface area (Å²) in [6.45, 7) is 3.32. The van der Waals surface area contributed by atoms with Gasteiger partial charge in [-0.2, -0.15) is 0 Å². The summed E-state index contributed by atoms with van der Waals surface area (Å²) in [4.78, 5) is 11.3. The van der Waals surface area contributed by atoms with Gasteiger partial charge in [0.15, 0.2) is 0 Å². The lowest BCUT2D eigenvalue weighted by atomic mass is 9.92. The molecule has 14 heavy (non-hydrogen) atoms. The van der Waals surface area contributed by atoms with Crippen molar-refractivity contribution in [2.45, 2.75) is 41.9 Å². The molecular formula is C8H11Cl3O3. The van der Waals surface area contributed by atoms with Gasteiger partial charge in [-0.05, 0) is 13.8 Å². The van der Waals surface area contributed by atoms with E-state index in [4.69, 9.17) is 39.5 Å². The van der Waals surface area contributed by atoms with Gasteiger partial charge in [0.1, 0.15) is 5.78 Å². The van der Waals surface area contributed by atoms with Crippen molar-refractivity contribution in [3.8, 4) is 0 Å². The predicted octanol–water partition coefficient (Wildman–Crippen LogP) is 2.20. The molecule has 1 rings (SSSR count). The standard InChI is InChI=1S/C8H11Cl3O3/c1-6(2)3-5(12)4-7(13,14-6)8(9,10)11/h13H,3-4H2,1-2H3. The van der Waals surface area contributed by atoms with Crippen LogP contribution >= 0.6 is 34.8 Å². The van der Waals surface area contributed by atoms with Crippen LogP contribution in [0.25, 0.3) is 0 Å². The molecular weight excluding hydrogens is 250 g/mol. The zero-order chi connectivity index (χ0) is 11.2. The Kier molecular flexibility index (Phi) is 3.13. The minimum Gasteiger partial charge on any atom is -0.362 e. The number of Topliss-reactive ketones (excluding diaryl/α,β-unsaturated/α-hetero) is 1. The fourth-order valence-corrected chi connectivity index (χ4v) is 1.81. The van der Waals surface area contributed by atoms with Crippen molar-refractivity contribution >= 4 is 40.6 Å². The fraction of sp³-hybridized carbons (Fsp3) is 0.875. The minimum atomic E-state index is -2.03. The molecule has 1 N–H and O–H groups in total. The molecule has 0 aromatic rings. The third-order valence-corrected chi connectivity index (χ3v) is 2.83. The van der Waals surface area contributed by atoms with Gasteiger partial charge in [0.2, 0.25) is 9.58 Å². The SMILES string of the molecule is CC1(C)CC(=O)CC(O)(C(Cl)(Cl)Cl)O1. The van der Waals surface area contributed by atoms with Crippen molar-refractivity contribution in [1.82, 2.24) is 0 Å². The lowest BCUT2D eigenvalue weighted by Gasteiger charge is -2.44. The lowest BCUT2D eigenvalue weighted by Crippen LogP contribution is -2.56. The normalized spacial score (nSPS) is 33.1. The van der Waals surface area contributed by atoms with Gasteiger partial charge in [0.05, 0.1) is 12.0 Å². The van der Waals surface area contributed by atoms with Crippen LogP contribution in [-0.2, 0) is 9.53 Å². The number of aliphatic hydroxyl groups is 1. The molecule has 0 radical (unpaired) electrons. The van der Waals surface area contributed by atoms with Gasteiger partial charge in [0, 0.05) is 6.42 Å². The third-order valence-electron chi connectivity index (χ3n) is 1.95. The first-order valence-electron chi connectivity index (χ1n) is 4.07. The number of carbonyl (C=O) groups is 1. The molecule has 0 bridgehead atoms. The third kappa shape index (κ3) is 2.52. The number of rotatable bonds is 0. The van der Waals surface area contributed by atoms with E-state index in [0.29, 0.717) is 0 Å². The molecule has 0 aromatic carbocycles. The zero-order valence-corrected chi connectivity index (χ0v) is 10.1. The average molecular weight is 262 g/mol. The number of carbonyl (C=O) groups excluding carboxylic acids is 1. The Morgan fingerprint density at radius 3 is 2.21 bits per heavy atom. The van der Waals surface area contributed by atoms with E-state index < -0.39 is 15.2 Å². The van der Waals surface area contributed by atoms with Crippen LogP contribution in [0.15, 0.2) is 0 Å². The van der Waals surface area contributed by atoms with E-state index in [1.807, 2.05) is 0 Å². The van der Waals surface area contributed by atoms with Gasteiger partial charge in [-0.25, -0.2) is 0 Å². The molecule has 6 heteroatoms. The van der Waals surface area contributed by atoms with E-state index in [1.54, 1.807) is 13.8 Å². The molecule has 0 aromatic heterocycles. The van der Waals surface area contributed by atoms with Crippen LogP contribution in [0.2, 0.25) is 0 Å². The highest BCUT2D eigenvalue weighted by Crippen LogP contribution is 2.46. The summed E-state index contributed by atoms with van der Waals surface area (Å²) in [7, 11) is 0. The van der Waals surface area contributed by atoms with Gasteiger partial charge in [-0.3, -0.25) is 4.79 Å². The summed E-state index contributed by atoms with van der Waals surface area (Å²) >= 11 is 16.6. The van der Waals surface area contributed by atoms with Gasteiger partial charge in [-0.1, -0.05) is 34.8 Å². The molecule has 82 valence electrons. The lowest BCUT2D eigenvalue weighted by molar-refractivity contribution is -0.269. The largest absolute Gasteiger partial charge is 0.362 e. The molecule has 1 saturated heterocycles. The maximum atomic E-state index is 11.3. The quantitative estimate of drug-likeness (QED) is 0.680. The van der Waals surface area contributed by atoms with Gasteiger partial charge < -0.3 is 9.84 Å². The van der Waals surface area contributed by atoms with E-state index in [1.165, 1.54) is 0 Å². The smallest absolute Gasteiger partial charge is 0.244 e. The Hall–Kier alpha value is 0.460. The first kappa shape index (κ1) is 12.5. The number of halogens is 3. The molecule has 1 atom stereocenters. The summed E-state index contributed by atoms with van der Waals surface area (Å²) < 4.78 is 3.21. The van der Waals surface area contributed by atoms with Crippen LogP contribution in [-0.4, -0.2) is 26.1 Å².